The van der Waals surface area contributed by atoms with Gasteiger partial charge in [-0.05, 0) is 24.7 Å². The van der Waals surface area contributed by atoms with Gasteiger partial charge in [-0.1, -0.05) is 0 Å². The van der Waals surface area contributed by atoms with Crippen molar-refractivity contribution in [3.8, 4) is 0 Å². The van der Waals surface area contributed by atoms with Crippen molar-refractivity contribution in [1.29, 1.82) is 0 Å². The topological polar surface area (TPSA) is 93.2 Å². The molecule has 1 aliphatic carbocycles. The molecule has 0 atom stereocenters. The van der Waals surface area contributed by atoms with Crippen molar-refractivity contribution in [3.63, 3.8) is 0 Å². The zero-order valence-corrected chi connectivity index (χ0v) is 10.4. The summed E-state index contributed by atoms with van der Waals surface area (Å²) in [4.78, 5) is 15.9. The van der Waals surface area contributed by atoms with Gasteiger partial charge in [-0.15, -0.1) is 0 Å². The van der Waals surface area contributed by atoms with Gasteiger partial charge in [0.05, 0.1) is 6.33 Å². The summed E-state index contributed by atoms with van der Waals surface area (Å²) in [6.45, 7) is 1.99. The highest BCUT2D eigenvalue weighted by molar-refractivity contribution is 5.92. The molecule has 1 saturated carbocycles. The number of rotatable bonds is 7. The maximum Gasteiger partial charge on any atom is 0.271 e. The molecule has 0 unspecified atom stereocenters. The average molecular weight is 252 g/mol. The number of nitrogens with one attached hydrogen (secondary N) is 1. The first kappa shape index (κ1) is 13.0. The zero-order valence-electron chi connectivity index (χ0n) is 10.4. The fraction of sp³-hybridized carbons (Fsp3) is 0.667. The van der Waals surface area contributed by atoms with E-state index in [1.54, 1.807) is 17.1 Å². The van der Waals surface area contributed by atoms with Gasteiger partial charge in [0, 0.05) is 32.4 Å². The van der Waals surface area contributed by atoms with Crippen LogP contribution in [-0.4, -0.2) is 40.3 Å². The molecule has 2 rings (SSSR count). The van der Waals surface area contributed by atoms with Crippen LogP contribution in [0.4, 0.5) is 0 Å². The number of hydrogen-bond acceptors (Lipinski definition) is 4. The molecule has 0 aliphatic heterocycles. The van der Waals surface area contributed by atoms with E-state index < -0.39 is 0 Å². The molecule has 1 aliphatic rings. The number of imidazole rings is 1. The maximum absolute atomic E-state index is 11.9. The Labute approximate surface area is 106 Å². The van der Waals surface area contributed by atoms with Gasteiger partial charge in [-0.25, -0.2) is 4.98 Å². The second kappa shape index (κ2) is 5.49. The van der Waals surface area contributed by atoms with Crippen molar-refractivity contribution >= 4 is 5.91 Å². The molecule has 0 bridgehead atoms. The van der Waals surface area contributed by atoms with Crippen LogP contribution in [0.1, 0.15) is 29.8 Å². The first-order valence-corrected chi connectivity index (χ1v) is 6.30. The fourth-order valence-electron chi connectivity index (χ4n) is 2.04. The molecule has 6 nitrogen and oxygen atoms in total. The Balaban J connectivity index is 1.83. The number of aliphatic hydroxyl groups is 1. The van der Waals surface area contributed by atoms with Crippen molar-refractivity contribution in [2.24, 2.45) is 11.1 Å². The summed E-state index contributed by atoms with van der Waals surface area (Å²) < 4.78 is 1.80. The van der Waals surface area contributed by atoms with E-state index in [9.17, 15) is 4.79 Å². The third-order valence-electron chi connectivity index (χ3n) is 3.48. The summed E-state index contributed by atoms with van der Waals surface area (Å²) >= 11 is 0. The molecule has 0 spiro atoms. The van der Waals surface area contributed by atoms with Crippen molar-refractivity contribution in [1.82, 2.24) is 14.9 Å². The Bertz CT molecular complexity index is 412. The van der Waals surface area contributed by atoms with Crippen LogP contribution in [0, 0.1) is 5.41 Å². The predicted octanol–water partition coefficient (Wildman–Crippen LogP) is -0.266. The molecule has 0 radical (unpaired) electrons. The maximum atomic E-state index is 11.9. The van der Waals surface area contributed by atoms with Gasteiger partial charge in [0.15, 0.2) is 0 Å². The number of nitrogens with zero attached hydrogens (tertiary/aromatic N) is 2. The number of carbonyl (C=O) groups is 1. The highest BCUT2D eigenvalue weighted by atomic mass is 16.3. The second-order valence-electron chi connectivity index (χ2n) is 4.94. The van der Waals surface area contributed by atoms with Gasteiger partial charge >= 0.3 is 0 Å². The molecule has 1 aromatic rings. The summed E-state index contributed by atoms with van der Waals surface area (Å²) in [5, 5.41) is 11.8. The smallest absolute Gasteiger partial charge is 0.271 e. The van der Waals surface area contributed by atoms with E-state index in [0.29, 0.717) is 25.3 Å². The molecular formula is C12H20N4O2. The van der Waals surface area contributed by atoms with Crippen LogP contribution in [0.25, 0.3) is 0 Å². The molecule has 1 fully saturated rings. The normalized spacial score (nSPS) is 16.6. The highest BCUT2D eigenvalue weighted by Crippen LogP contribution is 2.47. The Morgan fingerprint density at radius 1 is 1.61 bits per heavy atom. The van der Waals surface area contributed by atoms with E-state index in [0.717, 1.165) is 19.3 Å². The standard InChI is InChI=1S/C12H20N4O2/c13-4-5-16-7-10(15-9-16)11(18)14-8-12(1-2-12)3-6-17/h7,9,17H,1-6,8,13H2,(H,14,18). The minimum absolute atomic E-state index is 0.129. The van der Waals surface area contributed by atoms with Crippen molar-refractivity contribution < 1.29 is 9.90 Å². The molecule has 0 aromatic carbocycles. The SMILES string of the molecule is NCCn1cnc(C(=O)NCC2(CCO)CC2)c1. The number of aromatic nitrogens is 2. The van der Waals surface area contributed by atoms with Gasteiger partial charge < -0.3 is 20.7 Å². The van der Waals surface area contributed by atoms with Crippen LogP contribution in [0.15, 0.2) is 12.5 Å². The van der Waals surface area contributed by atoms with Crippen LogP contribution < -0.4 is 11.1 Å². The summed E-state index contributed by atoms with van der Waals surface area (Å²) in [6.07, 6.45) is 6.23. The molecule has 4 N–H and O–H groups in total. The number of aliphatic hydroxyl groups excluding tert-OH is 1. The van der Waals surface area contributed by atoms with Gasteiger partial charge in [-0.2, -0.15) is 0 Å². The Kier molecular flexibility index (Phi) is 3.98. The van der Waals surface area contributed by atoms with E-state index in [-0.39, 0.29) is 17.9 Å². The molecule has 1 heterocycles. The van der Waals surface area contributed by atoms with E-state index in [4.69, 9.17) is 10.8 Å². The van der Waals surface area contributed by atoms with Gasteiger partial charge in [-0.3, -0.25) is 4.79 Å². The lowest BCUT2D eigenvalue weighted by molar-refractivity contribution is 0.0936. The number of hydrogen-bond donors (Lipinski definition) is 3. The third kappa shape index (κ3) is 3.08. The lowest BCUT2D eigenvalue weighted by atomic mass is 10.0. The summed E-state index contributed by atoms with van der Waals surface area (Å²) in [5.41, 5.74) is 5.98. The van der Waals surface area contributed by atoms with E-state index in [1.807, 2.05) is 0 Å². The minimum Gasteiger partial charge on any atom is -0.396 e. The van der Waals surface area contributed by atoms with Crippen LogP contribution in [-0.2, 0) is 6.54 Å². The van der Waals surface area contributed by atoms with Gasteiger partial charge in [0.2, 0.25) is 0 Å². The number of nitrogens with two attached hydrogens (primary N) is 1. The van der Waals surface area contributed by atoms with E-state index >= 15 is 0 Å². The van der Waals surface area contributed by atoms with E-state index in [2.05, 4.69) is 10.3 Å². The first-order valence-electron chi connectivity index (χ1n) is 6.30. The molecule has 100 valence electrons. The molecule has 0 saturated heterocycles. The fourth-order valence-corrected chi connectivity index (χ4v) is 2.04. The molecule has 1 amide bonds. The first-order chi connectivity index (χ1) is 8.69. The monoisotopic (exact) mass is 252 g/mol. The predicted molar refractivity (Wildman–Crippen MR) is 67.0 cm³/mol. The number of amides is 1. The lowest BCUT2D eigenvalue weighted by Crippen LogP contribution is -2.30. The quantitative estimate of drug-likeness (QED) is 0.623. The summed E-state index contributed by atoms with van der Waals surface area (Å²) in [7, 11) is 0. The average Bonchev–Trinajstić information content (AvgIpc) is 2.96. The minimum atomic E-state index is -0.157. The molecule has 18 heavy (non-hydrogen) atoms. The van der Waals surface area contributed by atoms with Crippen molar-refractivity contribution in [2.75, 3.05) is 19.7 Å². The van der Waals surface area contributed by atoms with Gasteiger partial charge in [0.1, 0.15) is 5.69 Å². The molecule has 1 aromatic heterocycles. The number of carbonyl (C=O) groups excluding carboxylic acids is 1. The Morgan fingerprint density at radius 3 is 3.00 bits per heavy atom. The molecule has 6 heteroatoms. The van der Waals surface area contributed by atoms with Crippen molar-refractivity contribution in [3.05, 3.63) is 18.2 Å². The van der Waals surface area contributed by atoms with Crippen LogP contribution in [0.2, 0.25) is 0 Å². The largest absolute Gasteiger partial charge is 0.396 e. The summed E-state index contributed by atoms with van der Waals surface area (Å²) in [5.74, 6) is -0.157. The Morgan fingerprint density at radius 2 is 2.39 bits per heavy atom. The van der Waals surface area contributed by atoms with Crippen LogP contribution in [0.3, 0.4) is 0 Å². The third-order valence-corrected chi connectivity index (χ3v) is 3.48. The summed E-state index contributed by atoms with van der Waals surface area (Å²) in [6, 6.07) is 0. The van der Waals surface area contributed by atoms with Crippen LogP contribution in [0.5, 0.6) is 0 Å². The van der Waals surface area contributed by atoms with Gasteiger partial charge in [0.25, 0.3) is 5.91 Å². The zero-order chi connectivity index (χ0) is 13.0. The molecular weight excluding hydrogens is 232 g/mol. The Hall–Kier alpha value is -1.40. The van der Waals surface area contributed by atoms with E-state index in [1.165, 1.54) is 0 Å². The van der Waals surface area contributed by atoms with Crippen molar-refractivity contribution in [2.45, 2.75) is 25.8 Å². The highest BCUT2D eigenvalue weighted by Gasteiger charge is 2.41. The lowest BCUT2D eigenvalue weighted by Gasteiger charge is -2.13. The van der Waals surface area contributed by atoms with Crippen LogP contribution >= 0.6 is 0 Å². The second-order valence-corrected chi connectivity index (χ2v) is 4.94.